The second kappa shape index (κ2) is 8.13. The quantitative estimate of drug-likeness (QED) is 0.572. The molecule has 1 heterocycles. The molecule has 0 saturated carbocycles. The van der Waals surface area contributed by atoms with Gasteiger partial charge in [0.2, 0.25) is 5.91 Å². The molecule has 0 aliphatic rings. The van der Waals surface area contributed by atoms with Crippen LogP contribution in [-0.2, 0) is 9.59 Å². The van der Waals surface area contributed by atoms with E-state index in [1.165, 1.54) is 13.8 Å². The summed E-state index contributed by atoms with van der Waals surface area (Å²) in [7, 11) is 0. The molecule has 7 nitrogen and oxygen atoms in total. The molecule has 0 aliphatic heterocycles. The van der Waals surface area contributed by atoms with Crippen molar-refractivity contribution < 1.29 is 37.8 Å². The fourth-order valence-electron chi connectivity index (χ4n) is 3.46. The summed E-state index contributed by atoms with van der Waals surface area (Å²) < 4.78 is 42.0. The van der Waals surface area contributed by atoms with Crippen molar-refractivity contribution in [2.75, 3.05) is 6.54 Å². The van der Waals surface area contributed by atoms with E-state index in [9.17, 15) is 32.7 Å². The highest BCUT2D eigenvalue weighted by Crippen LogP contribution is 2.36. The molecule has 1 unspecified atom stereocenters. The number of nitrogens with one attached hydrogen (secondary N) is 1. The number of aromatic hydroxyl groups is 1. The number of carbonyl (C=O) groups is 3. The van der Waals surface area contributed by atoms with Crippen LogP contribution in [0.5, 0.6) is 5.75 Å². The first kappa shape index (κ1) is 21.9. The number of phenolic OH excluding ortho intramolecular Hbond substituents is 1. The number of aliphatic carboxylic acids is 1. The third-order valence-electron chi connectivity index (χ3n) is 4.93. The van der Waals surface area contributed by atoms with Crippen molar-refractivity contribution in [1.82, 2.24) is 9.88 Å². The number of halogens is 3. The van der Waals surface area contributed by atoms with Gasteiger partial charge >= 0.3 is 5.97 Å². The number of carboxylic acids is 1. The van der Waals surface area contributed by atoms with Crippen LogP contribution in [0.15, 0.2) is 30.3 Å². The smallest absolute Gasteiger partial charge is 0.322 e. The van der Waals surface area contributed by atoms with Gasteiger partial charge < -0.3 is 15.5 Å². The first-order valence-electron chi connectivity index (χ1n) is 9.05. The first-order valence-corrected chi connectivity index (χ1v) is 9.05. The molecule has 1 aromatic heterocycles. The third kappa shape index (κ3) is 3.96. The van der Waals surface area contributed by atoms with Crippen LogP contribution in [0, 0.1) is 24.4 Å². The third-order valence-corrected chi connectivity index (χ3v) is 4.93. The molecule has 3 aromatic rings. The highest BCUT2D eigenvalue weighted by atomic mass is 19.2. The Morgan fingerprint density at radius 3 is 2.35 bits per heavy atom. The van der Waals surface area contributed by atoms with Gasteiger partial charge in [-0.25, -0.2) is 13.2 Å². The molecule has 162 valence electrons. The van der Waals surface area contributed by atoms with E-state index in [0.717, 1.165) is 28.8 Å². The number of carbonyl (C=O) groups excluding carboxylic acids is 2. The highest BCUT2D eigenvalue weighted by Gasteiger charge is 2.28. The molecule has 31 heavy (non-hydrogen) atoms. The molecule has 0 spiro atoms. The van der Waals surface area contributed by atoms with Crippen LogP contribution < -0.4 is 5.32 Å². The van der Waals surface area contributed by atoms with Crippen molar-refractivity contribution in [3.8, 4) is 5.75 Å². The number of aromatic nitrogens is 1. The van der Waals surface area contributed by atoms with Gasteiger partial charge in [-0.15, -0.1) is 0 Å². The molecule has 0 saturated heterocycles. The predicted molar refractivity (Wildman–Crippen MR) is 103 cm³/mol. The first-order chi connectivity index (χ1) is 14.5. The molecule has 1 atom stereocenters. The van der Waals surface area contributed by atoms with Crippen LogP contribution in [0.1, 0.15) is 34.5 Å². The van der Waals surface area contributed by atoms with E-state index in [4.69, 9.17) is 5.11 Å². The van der Waals surface area contributed by atoms with E-state index in [0.29, 0.717) is 6.07 Å². The summed E-state index contributed by atoms with van der Waals surface area (Å²) in [6, 6.07) is 4.47. The van der Waals surface area contributed by atoms with Crippen molar-refractivity contribution >= 4 is 28.7 Å². The number of hydrogen-bond acceptors (Lipinski definition) is 4. The van der Waals surface area contributed by atoms with Crippen LogP contribution in [-0.4, -0.2) is 39.1 Å². The Morgan fingerprint density at radius 2 is 1.74 bits per heavy atom. The lowest BCUT2D eigenvalue weighted by Gasteiger charge is -2.13. The second-order valence-corrected chi connectivity index (χ2v) is 6.92. The second-order valence-electron chi connectivity index (χ2n) is 6.92. The summed E-state index contributed by atoms with van der Waals surface area (Å²) in [4.78, 5) is 36.2. The van der Waals surface area contributed by atoms with E-state index in [-0.39, 0.29) is 27.7 Å². The summed E-state index contributed by atoms with van der Waals surface area (Å²) in [5, 5.41) is 21.0. The van der Waals surface area contributed by atoms with Gasteiger partial charge in [-0.1, -0.05) is 0 Å². The maximum Gasteiger partial charge on any atom is 0.322 e. The largest absolute Gasteiger partial charge is 0.505 e. The van der Waals surface area contributed by atoms with E-state index in [1.807, 2.05) is 0 Å². The molecule has 0 radical (unpaired) electrons. The summed E-state index contributed by atoms with van der Waals surface area (Å²) in [5.41, 5.74) is 0.203. The fraction of sp³-hybridized carbons (Fsp3) is 0.190. The molecule has 3 rings (SSSR count). The van der Waals surface area contributed by atoms with Gasteiger partial charge in [-0.3, -0.25) is 19.0 Å². The average molecular weight is 434 g/mol. The van der Waals surface area contributed by atoms with Crippen molar-refractivity contribution in [2.45, 2.75) is 19.8 Å². The maximum absolute atomic E-state index is 14.1. The van der Waals surface area contributed by atoms with E-state index in [2.05, 4.69) is 5.32 Å². The number of hydrogen-bond donors (Lipinski definition) is 3. The van der Waals surface area contributed by atoms with E-state index >= 15 is 0 Å². The molecule has 2 aromatic carbocycles. The molecule has 0 bridgehead atoms. The zero-order valence-electron chi connectivity index (χ0n) is 16.4. The minimum Gasteiger partial charge on any atom is -0.505 e. The zero-order valence-corrected chi connectivity index (χ0v) is 16.4. The van der Waals surface area contributed by atoms with Gasteiger partial charge in [-0.2, -0.15) is 0 Å². The van der Waals surface area contributed by atoms with Crippen molar-refractivity contribution in [3.05, 3.63) is 64.6 Å². The fourth-order valence-corrected chi connectivity index (χ4v) is 3.46. The number of nitrogens with zero attached hydrogens (tertiary/aromatic N) is 1. The maximum atomic E-state index is 14.1. The number of carboxylic acid groups (broad SMARTS) is 1. The predicted octanol–water partition coefficient (Wildman–Crippen LogP) is 3.07. The summed E-state index contributed by atoms with van der Waals surface area (Å²) in [6.45, 7) is 2.28. The standard InChI is InChI=1S/C21H17F3N2O5/c1-9(20(30)25-8-18(28)29)19-10(2)26(16-7-15(24)17(27)6-12(16)19)21(31)11-3-4-13(22)14(23)5-11/h3-7,9,27H,8H2,1-2H3,(H,25,30)(H,28,29). The zero-order chi connectivity index (χ0) is 23.0. The number of amides is 1. The molecule has 0 fully saturated rings. The minimum atomic E-state index is -1.26. The van der Waals surface area contributed by atoms with Gasteiger partial charge in [-0.05, 0) is 43.7 Å². The van der Waals surface area contributed by atoms with Crippen LogP contribution >= 0.6 is 0 Å². The van der Waals surface area contributed by atoms with Crippen molar-refractivity contribution in [2.24, 2.45) is 0 Å². The van der Waals surface area contributed by atoms with E-state index in [1.54, 1.807) is 0 Å². The number of benzene rings is 2. The minimum absolute atomic E-state index is 0.00424. The Hall–Kier alpha value is -3.82. The monoisotopic (exact) mass is 434 g/mol. The molecule has 1 amide bonds. The van der Waals surface area contributed by atoms with Crippen LogP contribution in [0.2, 0.25) is 0 Å². The van der Waals surface area contributed by atoms with Crippen molar-refractivity contribution in [1.29, 1.82) is 0 Å². The molecular formula is C21H17F3N2O5. The number of rotatable bonds is 5. The lowest BCUT2D eigenvalue weighted by Crippen LogP contribution is -2.32. The van der Waals surface area contributed by atoms with Gasteiger partial charge in [0.15, 0.2) is 23.2 Å². The Labute approximate surface area is 173 Å². The van der Waals surface area contributed by atoms with Crippen LogP contribution in [0.25, 0.3) is 10.9 Å². The summed E-state index contributed by atoms with van der Waals surface area (Å²) >= 11 is 0. The van der Waals surface area contributed by atoms with Gasteiger partial charge in [0.25, 0.3) is 5.91 Å². The normalized spacial score (nSPS) is 12.0. The molecule has 10 heteroatoms. The Balaban J connectivity index is 2.20. The Morgan fingerprint density at radius 1 is 1.06 bits per heavy atom. The highest BCUT2D eigenvalue weighted by molar-refractivity contribution is 6.05. The molecular weight excluding hydrogens is 417 g/mol. The van der Waals surface area contributed by atoms with Gasteiger partial charge in [0.05, 0.1) is 11.4 Å². The summed E-state index contributed by atoms with van der Waals surface area (Å²) in [6.07, 6.45) is 0. The lowest BCUT2D eigenvalue weighted by molar-refractivity contribution is -0.138. The number of fused-ring (bicyclic) bond motifs is 1. The summed E-state index contributed by atoms with van der Waals surface area (Å²) in [5.74, 6) is -7.86. The number of phenols is 1. The van der Waals surface area contributed by atoms with Crippen LogP contribution in [0.3, 0.4) is 0 Å². The topological polar surface area (TPSA) is 109 Å². The van der Waals surface area contributed by atoms with E-state index < -0.39 is 53.4 Å². The SMILES string of the molecule is Cc1c(C(C)C(=O)NCC(=O)O)c2cc(O)c(F)cc2n1C(=O)c1ccc(F)c(F)c1. The van der Waals surface area contributed by atoms with Crippen LogP contribution in [0.4, 0.5) is 13.2 Å². The lowest BCUT2D eigenvalue weighted by atomic mass is 9.97. The molecule has 3 N–H and O–H groups in total. The average Bonchev–Trinajstić information content (AvgIpc) is 2.98. The molecule has 0 aliphatic carbocycles. The Kier molecular flexibility index (Phi) is 5.74. The van der Waals surface area contributed by atoms with Gasteiger partial charge in [0.1, 0.15) is 6.54 Å². The van der Waals surface area contributed by atoms with Gasteiger partial charge in [0, 0.05) is 22.7 Å². The Bertz CT molecular complexity index is 1240. The van der Waals surface area contributed by atoms with Crippen molar-refractivity contribution in [3.63, 3.8) is 0 Å².